The minimum atomic E-state index is -0.252. The number of nitrogens with zero attached hydrogens (tertiary/aromatic N) is 2. The number of aromatic nitrogens is 3. The number of benzene rings is 1. The number of H-pyrrole nitrogens is 1. The molecule has 0 radical (unpaired) electrons. The third-order valence-corrected chi connectivity index (χ3v) is 1.53. The first-order valence-electron chi connectivity index (χ1n) is 3.47. The van der Waals surface area contributed by atoms with Crippen LogP contribution in [0, 0.1) is 5.82 Å². The smallest absolute Gasteiger partial charge is 0.155 e. The second kappa shape index (κ2) is 2.73. The standard InChI is InChI=1S/C8H6FN3/c9-7-3-1-6(2-4-7)8-10-5-11-12-8/h1-5H,(H,10,11,12). The normalized spacial score (nSPS) is 10.1. The number of halogens is 1. The second-order valence-electron chi connectivity index (χ2n) is 2.34. The molecule has 1 heterocycles. The summed E-state index contributed by atoms with van der Waals surface area (Å²) in [5.41, 5.74) is 0.828. The summed E-state index contributed by atoms with van der Waals surface area (Å²) >= 11 is 0. The summed E-state index contributed by atoms with van der Waals surface area (Å²) in [6.07, 6.45) is 1.42. The fraction of sp³-hybridized carbons (Fsp3) is 0. The first kappa shape index (κ1) is 6.97. The number of rotatable bonds is 1. The van der Waals surface area contributed by atoms with Crippen LogP contribution in [-0.2, 0) is 0 Å². The molecule has 12 heavy (non-hydrogen) atoms. The van der Waals surface area contributed by atoms with Gasteiger partial charge < -0.3 is 0 Å². The molecule has 4 heteroatoms. The van der Waals surface area contributed by atoms with E-state index in [9.17, 15) is 4.39 Å². The minimum absolute atomic E-state index is 0.252. The minimum Gasteiger partial charge on any atom is -0.259 e. The molecule has 60 valence electrons. The number of hydrogen-bond acceptors (Lipinski definition) is 2. The van der Waals surface area contributed by atoms with Gasteiger partial charge in [0.2, 0.25) is 0 Å². The number of nitrogens with one attached hydrogen (secondary N) is 1. The van der Waals surface area contributed by atoms with Gasteiger partial charge in [0.15, 0.2) is 5.82 Å². The SMILES string of the molecule is Fc1ccc(-c2ncn[nH]2)cc1. The third kappa shape index (κ3) is 1.18. The summed E-state index contributed by atoms with van der Waals surface area (Å²) in [7, 11) is 0. The Labute approximate surface area is 68.3 Å². The Morgan fingerprint density at radius 1 is 1.17 bits per heavy atom. The van der Waals surface area contributed by atoms with E-state index in [1.54, 1.807) is 12.1 Å². The number of aromatic amines is 1. The van der Waals surface area contributed by atoms with Gasteiger partial charge in [-0.15, -0.1) is 0 Å². The van der Waals surface area contributed by atoms with Crippen LogP contribution in [0.3, 0.4) is 0 Å². The van der Waals surface area contributed by atoms with Gasteiger partial charge in [-0.2, -0.15) is 5.10 Å². The van der Waals surface area contributed by atoms with E-state index in [1.165, 1.54) is 18.5 Å². The molecule has 2 aromatic rings. The van der Waals surface area contributed by atoms with Gasteiger partial charge in [0.05, 0.1) is 0 Å². The van der Waals surface area contributed by atoms with E-state index in [-0.39, 0.29) is 5.82 Å². The van der Waals surface area contributed by atoms with Crippen LogP contribution in [0.4, 0.5) is 4.39 Å². The van der Waals surface area contributed by atoms with Crippen LogP contribution in [-0.4, -0.2) is 15.2 Å². The highest BCUT2D eigenvalue weighted by molar-refractivity contribution is 5.53. The highest BCUT2D eigenvalue weighted by atomic mass is 19.1. The molecule has 1 aromatic heterocycles. The molecule has 1 N–H and O–H groups in total. The van der Waals surface area contributed by atoms with Crippen LogP contribution in [0.25, 0.3) is 11.4 Å². The molecule has 1 aromatic carbocycles. The van der Waals surface area contributed by atoms with E-state index >= 15 is 0 Å². The maximum absolute atomic E-state index is 12.5. The monoisotopic (exact) mass is 163 g/mol. The maximum atomic E-state index is 12.5. The molecule has 0 saturated heterocycles. The van der Waals surface area contributed by atoms with Gasteiger partial charge in [-0.1, -0.05) is 0 Å². The van der Waals surface area contributed by atoms with Gasteiger partial charge in [0, 0.05) is 5.56 Å². The van der Waals surface area contributed by atoms with Gasteiger partial charge in [-0.25, -0.2) is 9.37 Å². The predicted octanol–water partition coefficient (Wildman–Crippen LogP) is 1.61. The average Bonchev–Trinajstić information content (AvgIpc) is 2.58. The molecule has 0 bridgehead atoms. The van der Waals surface area contributed by atoms with Crippen LogP contribution in [0.15, 0.2) is 30.6 Å². The summed E-state index contributed by atoms with van der Waals surface area (Å²) < 4.78 is 12.5. The van der Waals surface area contributed by atoms with Crippen molar-refractivity contribution in [3.63, 3.8) is 0 Å². The molecular formula is C8H6FN3. The van der Waals surface area contributed by atoms with Crippen molar-refractivity contribution in [1.29, 1.82) is 0 Å². The molecule has 0 aliphatic rings. The van der Waals surface area contributed by atoms with Crippen molar-refractivity contribution in [2.24, 2.45) is 0 Å². The maximum Gasteiger partial charge on any atom is 0.155 e. The van der Waals surface area contributed by atoms with Gasteiger partial charge in [-0.05, 0) is 24.3 Å². The summed E-state index contributed by atoms with van der Waals surface area (Å²) in [6, 6.07) is 6.07. The largest absolute Gasteiger partial charge is 0.259 e. The van der Waals surface area contributed by atoms with Crippen molar-refractivity contribution in [2.45, 2.75) is 0 Å². The van der Waals surface area contributed by atoms with Crippen molar-refractivity contribution in [3.8, 4) is 11.4 Å². The fourth-order valence-electron chi connectivity index (χ4n) is 0.952. The van der Waals surface area contributed by atoms with Crippen LogP contribution in [0.1, 0.15) is 0 Å². The third-order valence-electron chi connectivity index (χ3n) is 1.53. The summed E-state index contributed by atoms with van der Waals surface area (Å²) in [5, 5.41) is 6.38. The summed E-state index contributed by atoms with van der Waals surface area (Å²) in [5.74, 6) is 0.397. The molecule has 2 rings (SSSR count). The van der Waals surface area contributed by atoms with Gasteiger partial charge >= 0.3 is 0 Å². The zero-order valence-corrected chi connectivity index (χ0v) is 6.16. The zero-order chi connectivity index (χ0) is 8.39. The average molecular weight is 163 g/mol. The molecule has 0 atom stereocenters. The van der Waals surface area contributed by atoms with Crippen molar-refractivity contribution in [1.82, 2.24) is 15.2 Å². The van der Waals surface area contributed by atoms with Gasteiger partial charge in [0.25, 0.3) is 0 Å². The molecule has 3 nitrogen and oxygen atoms in total. The lowest BCUT2D eigenvalue weighted by atomic mass is 10.2. The quantitative estimate of drug-likeness (QED) is 0.693. The molecule has 0 spiro atoms. The Morgan fingerprint density at radius 2 is 1.92 bits per heavy atom. The Balaban J connectivity index is 2.43. The summed E-state index contributed by atoms with van der Waals surface area (Å²) in [6.45, 7) is 0. The molecule has 0 aliphatic carbocycles. The molecule has 0 aliphatic heterocycles. The highest BCUT2D eigenvalue weighted by Crippen LogP contribution is 2.13. The Morgan fingerprint density at radius 3 is 2.50 bits per heavy atom. The predicted molar refractivity (Wildman–Crippen MR) is 41.8 cm³/mol. The van der Waals surface area contributed by atoms with Crippen LogP contribution < -0.4 is 0 Å². The fourth-order valence-corrected chi connectivity index (χ4v) is 0.952. The molecule has 0 saturated carbocycles. The lowest BCUT2D eigenvalue weighted by molar-refractivity contribution is 0.628. The van der Waals surface area contributed by atoms with Crippen LogP contribution >= 0.6 is 0 Å². The van der Waals surface area contributed by atoms with Crippen molar-refractivity contribution < 1.29 is 4.39 Å². The van der Waals surface area contributed by atoms with Crippen molar-refractivity contribution >= 4 is 0 Å². The first-order chi connectivity index (χ1) is 5.86. The first-order valence-corrected chi connectivity index (χ1v) is 3.47. The Hall–Kier alpha value is -1.71. The highest BCUT2D eigenvalue weighted by Gasteiger charge is 1.98. The van der Waals surface area contributed by atoms with Crippen LogP contribution in [0.5, 0.6) is 0 Å². The topological polar surface area (TPSA) is 41.6 Å². The van der Waals surface area contributed by atoms with Crippen molar-refractivity contribution in [2.75, 3.05) is 0 Å². The van der Waals surface area contributed by atoms with E-state index in [0.29, 0.717) is 5.82 Å². The zero-order valence-electron chi connectivity index (χ0n) is 6.16. The number of hydrogen-bond donors (Lipinski definition) is 1. The lowest BCUT2D eigenvalue weighted by Gasteiger charge is -1.93. The molecule has 0 amide bonds. The second-order valence-corrected chi connectivity index (χ2v) is 2.34. The van der Waals surface area contributed by atoms with Crippen LogP contribution in [0.2, 0.25) is 0 Å². The van der Waals surface area contributed by atoms with Crippen molar-refractivity contribution in [3.05, 3.63) is 36.4 Å². The Kier molecular flexibility index (Phi) is 1.59. The van der Waals surface area contributed by atoms with E-state index in [1.807, 2.05) is 0 Å². The molecular weight excluding hydrogens is 157 g/mol. The lowest BCUT2D eigenvalue weighted by Crippen LogP contribution is -1.80. The Bertz CT molecular complexity index is 352. The van der Waals surface area contributed by atoms with Gasteiger partial charge in [-0.3, -0.25) is 5.10 Å². The molecule has 0 unspecified atom stereocenters. The van der Waals surface area contributed by atoms with E-state index in [0.717, 1.165) is 5.56 Å². The van der Waals surface area contributed by atoms with E-state index < -0.39 is 0 Å². The molecule has 0 fully saturated rings. The van der Waals surface area contributed by atoms with E-state index in [2.05, 4.69) is 15.2 Å². The van der Waals surface area contributed by atoms with Gasteiger partial charge in [0.1, 0.15) is 12.1 Å². The van der Waals surface area contributed by atoms with E-state index in [4.69, 9.17) is 0 Å². The summed E-state index contributed by atoms with van der Waals surface area (Å²) in [4.78, 5) is 3.93.